The van der Waals surface area contributed by atoms with E-state index in [4.69, 9.17) is 14.2 Å². The number of hydrogen-bond donors (Lipinski definition) is 0. The normalized spacial score (nSPS) is 21.4. The second-order valence-electron chi connectivity index (χ2n) is 6.07. The second-order valence-corrected chi connectivity index (χ2v) is 6.07. The van der Waals surface area contributed by atoms with Gasteiger partial charge in [0.1, 0.15) is 0 Å². The molecule has 2 rings (SSSR count). The van der Waals surface area contributed by atoms with E-state index in [0.717, 1.165) is 13.1 Å². The molecular weight excluding hydrogens is 282 g/mol. The molecule has 1 aliphatic heterocycles. The minimum atomic E-state index is 0.0117. The van der Waals surface area contributed by atoms with Gasteiger partial charge in [0, 0.05) is 18.7 Å². The van der Waals surface area contributed by atoms with E-state index < -0.39 is 0 Å². The summed E-state index contributed by atoms with van der Waals surface area (Å²) in [5.41, 5.74) is 0.566. The molecule has 0 saturated carbocycles. The topological polar surface area (TPSA) is 48.0 Å². The number of rotatable bonds is 4. The molecular formula is C17H25NO4. The van der Waals surface area contributed by atoms with Crippen molar-refractivity contribution in [1.29, 1.82) is 0 Å². The zero-order chi connectivity index (χ0) is 16.3. The number of ether oxygens (including phenoxy) is 3. The van der Waals surface area contributed by atoms with E-state index in [-0.39, 0.29) is 5.91 Å². The van der Waals surface area contributed by atoms with Crippen LogP contribution in [0.25, 0.3) is 0 Å². The number of methoxy groups -OCH3 is 3. The standard InChI is InChI=1S/C17H25NO4/c1-11-6-12(2)10-18(9-11)17(19)13-7-14(20-3)16(22-5)15(8-13)21-4/h7-8,11-12H,6,9-10H2,1-5H3/t11-,12+. The summed E-state index contributed by atoms with van der Waals surface area (Å²) in [6.45, 7) is 5.95. The van der Waals surface area contributed by atoms with Gasteiger partial charge < -0.3 is 19.1 Å². The fraction of sp³-hybridized carbons (Fsp3) is 0.588. The molecule has 5 nitrogen and oxygen atoms in total. The van der Waals surface area contributed by atoms with Gasteiger partial charge in [-0.25, -0.2) is 0 Å². The predicted molar refractivity (Wildman–Crippen MR) is 84.9 cm³/mol. The molecule has 1 amide bonds. The Morgan fingerprint density at radius 3 is 1.91 bits per heavy atom. The van der Waals surface area contributed by atoms with Crippen LogP contribution >= 0.6 is 0 Å². The number of carbonyl (C=O) groups is 1. The van der Waals surface area contributed by atoms with Crippen LogP contribution in [0.3, 0.4) is 0 Å². The van der Waals surface area contributed by atoms with E-state index in [0.29, 0.717) is 34.6 Å². The van der Waals surface area contributed by atoms with Crippen molar-refractivity contribution in [3.63, 3.8) is 0 Å². The fourth-order valence-electron chi connectivity index (χ4n) is 3.22. The third kappa shape index (κ3) is 3.29. The van der Waals surface area contributed by atoms with Gasteiger partial charge in [0.05, 0.1) is 21.3 Å². The Balaban J connectivity index is 2.33. The van der Waals surface area contributed by atoms with Crippen molar-refractivity contribution < 1.29 is 19.0 Å². The van der Waals surface area contributed by atoms with Crippen molar-refractivity contribution in [2.24, 2.45) is 11.8 Å². The Morgan fingerprint density at radius 1 is 1.00 bits per heavy atom. The molecule has 0 radical (unpaired) electrons. The molecule has 0 unspecified atom stereocenters. The van der Waals surface area contributed by atoms with Crippen molar-refractivity contribution in [3.8, 4) is 17.2 Å². The summed E-state index contributed by atoms with van der Waals surface area (Å²) >= 11 is 0. The molecule has 1 saturated heterocycles. The van der Waals surface area contributed by atoms with Crippen LogP contribution < -0.4 is 14.2 Å². The van der Waals surface area contributed by atoms with Crippen LogP contribution in [0.4, 0.5) is 0 Å². The van der Waals surface area contributed by atoms with Gasteiger partial charge in [-0.3, -0.25) is 4.79 Å². The third-order valence-corrected chi connectivity index (χ3v) is 4.07. The Bertz CT molecular complexity index is 508. The number of carbonyl (C=O) groups excluding carboxylic acids is 1. The van der Waals surface area contributed by atoms with Crippen LogP contribution in [0.1, 0.15) is 30.6 Å². The first-order valence-electron chi connectivity index (χ1n) is 7.59. The highest BCUT2D eigenvalue weighted by Gasteiger charge is 2.27. The van der Waals surface area contributed by atoms with Gasteiger partial charge in [0.2, 0.25) is 5.75 Å². The maximum Gasteiger partial charge on any atom is 0.254 e. The molecule has 1 aromatic rings. The summed E-state index contributed by atoms with van der Waals surface area (Å²) in [7, 11) is 4.66. The molecule has 5 heteroatoms. The largest absolute Gasteiger partial charge is 0.493 e. The van der Waals surface area contributed by atoms with Gasteiger partial charge in [-0.05, 0) is 30.4 Å². The summed E-state index contributed by atoms with van der Waals surface area (Å²) in [6, 6.07) is 3.43. The van der Waals surface area contributed by atoms with Crippen LogP contribution in [0, 0.1) is 11.8 Å². The van der Waals surface area contributed by atoms with Gasteiger partial charge in [-0.15, -0.1) is 0 Å². The molecule has 1 aliphatic rings. The lowest BCUT2D eigenvalue weighted by atomic mass is 9.91. The molecule has 0 N–H and O–H groups in total. The first-order chi connectivity index (χ1) is 10.5. The Kier molecular flexibility index (Phi) is 5.16. The minimum Gasteiger partial charge on any atom is -0.493 e. The van der Waals surface area contributed by atoms with E-state index in [2.05, 4.69) is 13.8 Å². The average Bonchev–Trinajstić information content (AvgIpc) is 2.51. The monoisotopic (exact) mass is 307 g/mol. The smallest absolute Gasteiger partial charge is 0.254 e. The Morgan fingerprint density at radius 2 is 1.50 bits per heavy atom. The summed E-state index contributed by atoms with van der Waals surface area (Å²) in [5, 5.41) is 0. The van der Waals surface area contributed by atoms with Crippen molar-refractivity contribution in [2.75, 3.05) is 34.4 Å². The summed E-state index contributed by atoms with van der Waals surface area (Å²) in [5.74, 6) is 2.57. The molecule has 1 aromatic carbocycles. The summed E-state index contributed by atoms with van der Waals surface area (Å²) < 4.78 is 15.9. The molecule has 0 aromatic heterocycles. The van der Waals surface area contributed by atoms with Crippen molar-refractivity contribution in [1.82, 2.24) is 4.90 Å². The number of benzene rings is 1. The van der Waals surface area contributed by atoms with E-state index in [1.807, 2.05) is 4.90 Å². The number of likely N-dealkylation sites (tertiary alicyclic amines) is 1. The molecule has 0 spiro atoms. The molecule has 0 bridgehead atoms. The van der Waals surface area contributed by atoms with E-state index in [1.54, 1.807) is 33.5 Å². The van der Waals surface area contributed by atoms with Gasteiger partial charge in [-0.1, -0.05) is 13.8 Å². The molecule has 2 atom stereocenters. The second kappa shape index (κ2) is 6.90. The summed E-state index contributed by atoms with van der Waals surface area (Å²) in [4.78, 5) is 14.7. The SMILES string of the molecule is COc1cc(C(=O)N2C[C@H](C)C[C@H](C)C2)cc(OC)c1OC. The molecule has 22 heavy (non-hydrogen) atoms. The molecule has 122 valence electrons. The predicted octanol–water partition coefficient (Wildman–Crippen LogP) is 2.83. The number of piperidine rings is 1. The molecule has 0 aliphatic carbocycles. The fourth-order valence-corrected chi connectivity index (χ4v) is 3.22. The number of hydrogen-bond acceptors (Lipinski definition) is 4. The van der Waals surface area contributed by atoms with Crippen LogP contribution in [0.15, 0.2) is 12.1 Å². The van der Waals surface area contributed by atoms with Gasteiger partial charge >= 0.3 is 0 Å². The number of nitrogens with zero attached hydrogens (tertiary/aromatic N) is 1. The number of amides is 1. The summed E-state index contributed by atoms with van der Waals surface area (Å²) in [6.07, 6.45) is 1.17. The lowest BCUT2D eigenvalue weighted by Gasteiger charge is -2.35. The highest BCUT2D eigenvalue weighted by Crippen LogP contribution is 2.38. The zero-order valence-corrected chi connectivity index (χ0v) is 14.0. The van der Waals surface area contributed by atoms with E-state index >= 15 is 0 Å². The van der Waals surface area contributed by atoms with Gasteiger partial charge in [0.25, 0.3) is 5.91 Å². The van der Waals surface area contributed by atoms with E-state index in [1.165, 1.54) is 6.42 Å². The van der Waals surface area contributed by atoms with Crippen LogP contribution in [0.5, 0.6) is 17.2 Å². The zero-order valence-electron chi connectivity index (χ0n) is 14.0. The third-order valence-electron chi connectivity index (χ3n) is 4.07. The van der Waals surface area contributed by atoms with Gasteiger partial charge in [-0.2, -0.15) is 0 Å². The Labute approximate surface area is 132 Å². The highest BCUT2D eigenvalue weighted by atomic mass is 16.5. The molecule has 1 heterocycles. The van der Waals surface area contributed by atoms with Crippen molar-refractivity contribution in [3.05, 3.63) is 17.7 Å². The van der Waals surface area contributed by atoms with Gasteiger partial charge in [0.15, 0.2) is 11.5 Å². The first kappa shape index (κ1) is 16.5. The van der Waals surface area contributed by atoms with Crippen molar-refractivity contribution >= 4 is 5.91 Å². The van der Waals surface area contributed by atoms with Crippen LogP contribution in [-0.4, -0.2) is 45.2 Å². The lowest BCUT2D eigenvalue weighted by molar-refractivity contribution is 0.0622. The Hall–Kier alpha value is -1.91. The maximum atomic E-state index is 12.8. The average molecular weight is 307 g/mol. The van der Waals surface area contributed by atoms with Crippen LogP contribution in [0.2, 0.25) is 0 Å². The molecule has 1 fully saturated rings. The highest BCUT2D eigenvalue weighted by molar-refractivity contribution is 5.95. The van der Waals surface area contributed by atoms with Crippen LogP contribution in [-0.2, 0) is 0 Å². The van der Waals surface area contributed by atoms with E-state index in [9.17, 15) is 4.79 Å². The maximum absolute atomic E-state index is 12.8. The van der Waals surface area contributed by atoms with Crippen molar-refractivity contribution in [2.45, 2.75) is 20.3 Å². The minimum absolute atomic E-state index is 0.0117. The first-order valence-corrected chi connectivity index (χ1v) is 7.59. The lowest BCUT2D eigenvalue weighted by Crippen LogP contribution is -2.42. The quantitative estimate of drug-likeness (QED) is 0.858.